The molecule has 17 heteroatoms. The first-order chi connectivity index (χ1) is 12.6. The summed E-state index contributed by atoms with van der Waals surface area (Å²) in [6.07, 6.45) is -1.71. The number of carbonyl (C=O) groups excluding carboxylic acids is 1. The zero-order valence-electron chi connectivity index (χ0n) is 13.4. The molecule has 0 aliphatic rings. The van der Waals surface area contributed by atoms with Crippen molar-refractivity contribution in [3.8, 4) is 0 Å². The molecule has 0 radical (unpaired) electrons. The molecule has 2 aromatic heterocycles. The van der Waals surface area contributed by atoms with E-state index in [-0.39, 0.29) is 6.29 Å². The molecule has 154 valence electrons. The average Bonchev–Trinajstić information content (AvgIpc) is 3.09. The summed E-state index contributed by atoms with van der Waals surface area (Å²) in [5, 5.41) is 34.1. The summed E-state index contributed by atoms with van der Waals surface area (Å²) in [7, 11) is -6.40. The molecule has 9 N–H and O–H groups in total. The summed E-state index contributed by atoms with van der Waals surface area (Å²) in [5.41, 5.74) is 6.78. The number of fused-ring (bicyclic) bond motifs is 1. The standard InChI is InChI=1S/C5H5N5.C5H10O5.H4O5P2/c6-4-3-5(9-1-7-3)10-2-8-4;6-1-3(8)5(10)4(9)2-7;1-6(2)5-7(3)4/h1-2H,(H3,6,7,8,9,10);1,3-5,7-10H,2H2;6-7H,(H,1,2)(H,3,4). The highest BCUT2D eigenvalue weighted by atomic mass is 31.2. The van der Waals surface area contributed by atoms with Gasteiger partial charge < -0.3 is 45.7 Å². The summed E-state index contributed by atoms with van der Waals surface area (Å²) < 4.78 is 22.3. The molecule has 0 spiro atoms. The van der Waals surface area contributed by atoms with Gasteiger partial charge in [-0.15, -0.1) is 0 Å². The highest BCUT2D eigenvalue weighted by Gasteiger charge is 2.22. The topological polar surface area (TPSA) is 262 Å². The predicted molar refractivity (Wildman–Crippen MR) is 90.8 cm³/mol. The van der Waals surface area contributed by atoms with Crippen LogP contribution in [0.4, 0.5) is 5.82 Å². The molecule has 0 aliphatic carbocycles. The van der Waals surface area contributed by atoms with Crippen LogP contribution in [-0.4, -0.2) is 81.4 Å². The SMILES string of the molecule is Nc1ncnc2nc[nH]c12.O=CC(O)C(O)C(O)CO.O=[PH](O)O[PH](=O)O. The van der Waals surface area contributed by atoms with Gasteiger partial charge in [-0.05, 0) is 0 Å². The van der Waals surface area contributed by atoms with Gasteiger partial charge in [-0.1, -0.05) is 0 Å². The number of nitrogen functional groups attached to an aromatic ring is 1. The lowest BCUT2D eigenvalue weighted by Gasteiger charge is -2.16. The minimum Gasteiger partial charge on any atom is -0.394 e. The highest BCUT2D eigenvalue weighted by Crippen LogP contribution is 2.30. The minimum atomic E-state index is -3.20. The van der Waals surface area contributed by atoms with E-state index in [2.05, 4.69) is 24.2 Å². The first-order valence-electron chi connectivity index (χ1n) is 6.77. The van der Waals surface area contributed by atoms with E-state index in [1.165, 1.54) is 12.7 Å². The summed E-state index contributed by atoms with van der Waals surface area (Å²) in [4.78, 5) is 39.6. The average molecular weight is 431 g/mol. The van der Waals surface area contributed by atoms with Gasteiger partial charge in [0.1, 0.15) is 30.2 Å². The highest BCUT2D eigenvalue weighted by molar-refractivity contribution is 7.46. The first kappa shape index (κ1) is 25.2. The quantitative estimate of drug-likeness (QED) is 0.167. The van der Waals surface area contributed by atoms with Crippen LogP contribution in [0.2, 0.25) is 0 Å². The van der Waals surface area contributed by atoms with E-state index in [1.54, 1.807) is 0 Å². The molecular weight excluding hydrogens is 412 g/mol. The Labute approximate surface area is 152 Å². The third-order valence-electron chi connectivity index (χ3n) is 2.50. The number of rotatable bonds is 6. The zero-order chi connectivity index (χ0) is 21.0. The van der Waals surface area contributed by atoms with Crippen molar-refractivity contribution in [2.45, 2.75) is 18.3 Å². The van der Waals surface area contributed by atoms with Crippen LogP contribution >= 0.6 is 16.5 Å². The van der Waals surface area contributed by atoms with Crippen LogP contribution in [0, 0.1) is 0 Å². The maximum absolute atomic E-state index is 9.76. The first-order valence-corrected chi connectivity index (χ1v) is 9.30. The molecule has 5 atom stereocenters. The smallest absolute Gasteiger partial charge is 0.323 e. The molecule has 5 unspecified atom stereocenters. The van der Waals surface area contributed by atoms with Gasteiger partial charge in [0, 0.05) is 0 Å². The predicted octanol–water partition coefficient (Wildman–Crippen LogP) is -3.04. The number of nitrogens with two attached hydrogens (primary N) is 1. The van der Waals surface area contributed by atoms with Crippen LogP contribution in [0.1, 0.15) is 0 Å². The molecule has 15 nitrogen and oxygen atoms in total. The fourth-order valence-electron chi connectivity index (χ4n) is 1.27. The zero-order valence-corrected chi connectivity index (χ0v) is 15.4. The number of aliphatic hydroxyl groups is 4. The van der Waals surface area contributed by atoms with Crippen LogP contribution in [0.15, 0.2) is 12.7 Å². The van der Waals surface area contributed by atoms with Gasteiger partial charge in [-0.2, -0.15) is 0 Å². The number of nitrogens with one attached hydrogen (secondary N) is 1. The van der Waals surface area contributed by atoms with Crippen molar-refractivity contribution < 1.29 is 48.4 Å². The van der Waals surface area contributed by atoms with Crippen molar-refractivity contribution in [3.63, 3.8) is 0 Å². The number of nitrogens with zero attached hydrogens (tertiary/aromatic N) is 3. The number of imidazole rings is 1. The molecule has 0 aliphatic heterocycles. The lowest BCUT2D eigenvalue weighted by molar-refractivity contribution is -0.127. The Morgan fingerprint density at radius 1 is 1.19 bits per heavy atom. The molecule has 0 saturated carbocycles. The van der Waals surface area contributed by atoms with Gasteiger partial charge in [-0.3, -0.25) is 9.13 Å². The molecule has 0 bridgehead atoms. The van der Waals surface area contributed by atoms with Gasteiger partial charge in [0.05, 0.1) is 12.9 Å². The van der Waals surface area contributed by atoms with Gasteiger partial charge in [0.2, 0.25) is 0 Å². The molecule has 0 fully saturated rings. The molecule has 2 aromatic rings. The Morgan fingerprint density at radius 3 is 2.19 bits per heavy atom. The monoisotopic (exact) mass is 431 g/mol. The van der Waals surface area contributed by atoms with Crippen molar-refractivity contribution >= 4 is 39.8 Å². The summed E-state index contributed by atoms with van der Waals surface area (Å²) in [6, 6.07) is 0. The Hall–Kier alpha value is -1.80. The number of hydrogen-bond donors (Lipinski definition) is 8. The van der Waals surface area contributed by atoms with E-state index in [1.807, 2.05) is 0 Å². The van der Waals surface area contributed by atoms with E-state index >= 15 is 0 Å². The van der Waals surface area contributed by atoms with Crippen molar-refractivity contribution in [2.75, 3.05) is 12.3 Å². The second-order valence-electron chi connectivity index (χ2n) is 4.36. The number of aliphatic hydroxyl groups excluding tert-OH is 4. The van der Waals surface area contributed by atoms with Crippen LogP contribution < -0.4 is 5.73 Å². The number of aromatic amines is 1. The summed E-state index contributed by atoms with van der Waals surface area (Å²) in [5.74, 6) is 0.433. The van der Waals surface area contributed by atoms with E-state index in [0.29, 0.717) is 17.0 Å². The molecule has 0 aromatic carbocycles. The summed E-state index contributed by atoms with van der Waals surface area (Å²) >= 11 is 0. The molecule has 2 rings (SSSR count). The molecule has 0 amide bonds. The lowest BCUT2D eigenvalue weighted by atomic mass is 10.1. The van der Waals surface area contributed by atoms with E-state index in [9.17, 15) is 13.9 Å². The van der Waals surface area contributed by atoms with Gasteiger partial charge in [0.25, 0.3) is 0 Å². The van der Waals surface area contributed by atoms with Gasteiger partial charge >= 0.3 is 16.5 Å². The fourth-order valence-corrected chi connectivity index (χ4v) is 1.87. The van der Waals surface area contributed by atoms with Crippen LogP contribution in [0.5, 0.6) is 0 Å². The Bertz CT molecular complexity index is 734. The molecular formula is C10H19N5O10P2. The number of H-pyrrole nitrogens is 1. The second kappa shape index (κ2) is 13.4. The second-order valence-corrected chi connectivity index (χ2v) is 6.24. The van der Waals surface area contributed by atoms with Gasteiger partial charge in [0.15, 0.2) is 17.8 Å². The largest absolute Gasteiger partial charge is 0.394 e. The van der Waals surface area contributed by atoms with Crippen LogP contribution in [0.25, 0.3) is 11.2 Å². The van der Waals surface area contributed by atoms with Crippen molar-refractivity contribution in [3.05, 3.63) is 12.7 Å². The van der Waals surface area contributed by atoms with Crippen molar-refractivity contribution in [2.24, 2.45) is 0 Å². The lowest BCUT2D eigenvalue weighted by Crippen LogP contribution is -2.40. The Balaban J connectivity index is 0.000000384. The summed E-state index contributed by atoms with van der Waals surface area (Å²) in [6.45, 7) is -0.688. The maximum atomic E-state index is 9.76. The molecule has 2 heterocycles. The van der Waals surface area contributed by atoms with Crippen molar-refractivity contribution in [1.82, 2.24) is 19.9 Å². The van der Waals surface area contributed by atoms with E-state index in [4.69, 9.17) is 35.9 Å². The van der Waals surface area contributed by atoms with E-state index < -0.39 is 41.4 Å². The van der Waals surface area contributed by atoms with Crippen LogP contribution in [-0.2, 0) is 18.2 Å². The maximum Gasteiger partial charge on any atom is 0.323 e. The molecule has 0 saturated heterocycles. The number of anilines is 1. The normalized spacial score (nSPS) is 15.9. The number of aromatic nitrogens is 4. The minimum absolute atomic E-state index is 0.0869. The van der Waals surface area contributed by atoms with E-state index in [0.717, 1.165) is 0 Å². The van der Waals surface area contributed by atoms with Crippen molar-refractivity contribution in [1.29, 1.82) is 0 Å². The molecule has 27 heavy (non-hydrogen) atoms. The number of aldehydes is 1. The third-order valence-corrected chi connectivity index (χ3v) is 3.89. The van der Waals surface area contributed by atoms with Crippen LogP contribution in [0.3, 0.4) is 0 Å². The fraction of sp³-hybridized carbons (Fsp3) is 0.400. The number of carbonyl (C=O) groups is 1. The number of hydrogen-bond acceptors (Lipinski definition) is 12. The Kier molecular flexibility index (Phi) is 12.5. The third kappa shape index (κ3) is 10.2. The van der Waals surface area contributed by atoms with Gasteiger partial charge in [-0.25, -0.2) is 19.3 Å². The Morgan fingerprint density at radius 2 is 1.78 bits per heavy atom.